The second-order valence-corrected chi connectivity index (χ2v) is 15.9. The van der Waals surface area contributed by atoms with E-state index in [2.05, 4.69) is 50.0 Å². The lowest BCUT2D eigenvalue weighted by Gasteiger charge is -2.45. The third-order valence-corrected chi connectivity index (χ3v) is 12.8. The highest BCUT2D eigenvalue weighted by atomic mass is 28.4. The number of benzene rings is 2. The minimum Gasteiger partial charge on any atom is -0.455 e. The maximum atomic E-state index is 12.9. The van der Waals surface area contributed by atoms with Crippen LogP contribution in [0, 0.1) is 6.92 Å². The molecule has 4 atom stereocenters. The van der Waals surface area contributed by atoms with E-state index in [9.17, 15) is 14.4 Å². The number of nitrogens with zero attached hydrogens (tertiary/aromatic N) is 1. The SMILES string of the molecule is CC(=O)O[C@H]1[C@H](n2cc(C)c(=O)[nH]c2=O)O[C@@]2(CO[Si](c3ccccc3)(c3ccccc3)C(C)(C)C)C=CCO[C@@H]12. The highest BCUT2D eigenvalue weighted by Gasteiger charge is 2.60. The summed E-state index contributed by atoms with van der Waals surface area (Å²) in [5.41, 5.74) is -2.03. The fraction of sp³-hybridized carbons (Fsp3) is 0.387. The number of aromatic amines is 1. The molecule has 0 amide bonds. The van der Waals surface area contributed by atoms with Gasteiger partial charge in [-0.25, -0.2) is 4.79 Å². The maximum Gasteiger partial charge on any atom is 0.330 e. The average Bonchev–Trinajstić information content (AvgIpc) is 3.25. The van der Waals surface area contributed by atoms with Crippen molar-refractivity contribution in [3.63, 3.8) is 0 Å². The molecule has 1 aromatic heterocycles. The van der Waals surface area contributed by atoms with E-state index < -0.39 is 49.6 Å². The molecule has 0 bridgehead atoms. The van der Waals surface area contributed by atoms with Crippen LogP contribution in [0.3, 0.4) is 0 Å². The number of H-pyrrole nitrogens is 1. The molecule has 9 nitrogen and oxygen atoms in total. The monoisotopic (exact) mass is 576 g/mol. The van der Waals surface area contributed by atoms with E-state index in [0.29, 0.717) is 5.56 Å². The molecule has 0 spiro atoms. The smallest absolute Gasteiger partial charge is 0.330 e. The Hall–Kier alpha value is -3.57. The van der Waals surface area contributed by atoms with Gasteiger partial charge in [-0.05, 0) is 28.4 Å². The minimum atomic E-state index is -2.97. The minimum absolute atomic E-state index is 0.0762. The van der Waals surface area contributed by atoms with Crippen molar-refractivity contribution in [1.82, 2.24) is 9.55 Å². The van der Waals surface area contributed by atoms with E-state index >= 15 is 0 Å². The Kier molecular flexibility index (Phi) is 7.77. The Morgan fingerprint density at radius 3 is 2.24 bits per heavy atom. The number of aryl methyl sites for hydroxylation is 1. The molecule has 41 heavy (non-hydrogen) atoms. The first-order chi connectivity index (χ1) is 19.5. The summed E-state index contributed by atoms with van der Waals surface area (Å²) in [7, 11) is -2.97. The molecule has 2 aromatic carbocycles. The van der Waals surface area contributed by atoms with Gasteiger partial charge in [0.05, 0.1) is 13.2 Å². The Labute approximate surface area is 239 Å². The van der Waals surface area contributed by atoms with Gasteiger partial charge >= 0.3 is 11.7 Å². The van der Waals surface area contributed by atoms with Crippen LogP contribution in [0.15, 0.2) is 88.6 Å². The molecule has 0 aliphatic carbocycles. The Bertz CT molecular complexity index is 1500. The standard InChI is InChI=1S/C31H36N2O7Si/c1-21-19-33(29(36)32-27(21)35)28-25(39-22(2)34)26-31(40-28,17-12-18-37-26)20-38-41(30(3,4)5,23-13-8-6-9-14-23)24-15-10-7-11-16-24/h6-17,19,25-26,28H,18,20H2,1-5H3,(H,32,35,36)/t25-,26+,28-,31-/m1/s1. The zero-order valence-corrected chi connectivity index (χ0v) is 25.0. The number of fused-ring (bicyclic) bond motifs is 1. The Morgan fingerprint density at radius 2 is 1.68 bits per heavy atom. The zero-order valence-electron chi connectivity index (χ0n) is 24.0. The number of rotatable bonds is 7. The second kappa shape index (κ2) is 11.0. The normalized spacial score (nSPS) is 24.2. The van der Waals surface area contributed by atoms with Crippen LogP contribution >= 0.6 is 0 Å². The van der Waals surface area contributed by atoms with Crippen molar-refractivity contribution in [2.24, 2.45) is 0 Å². The number of carbonyl (C=O) groups is 1. The van der Waals surface area contributed by atoms with Gasteiger partial charge in [-0.1, -0.05) is 87.5 Å². The van der Waals surface area contributed by atoms with Crippen molar-refractivity contribution in [3.05, 3.63) is 105 Å². The number of hydrogen-bond donors (Lipinski definition) is 1. The van der Waals surface area contributed by atoms with E-state index in [-0.39, 0.29) is 18.3 Å². The van der Waals surface area contributed by atoms with Gasteiger partial charge in [0.2, 0.25) is 0 Å². The van der Waals surface area contributed by atoms with Gasteiger partial charge in [-0.3, -0.25) is 19.1 Å². The quantitative estimate of drug-likeness (QED) is 0.262. The van der Waals surface area contributed by atoms with Crippen LogP contribution in [0.2, 0.25) is 5.04 Å². The lowest BCUT2D eigenvalue weighted by molar-refractivity contribution is -0.157. The molecule has 3 aromatic rings. The number of nitrogens with one attached hydrogen (secondary N) is 1. The van der Waals surface area contributed by atoms with E-state index in [1.807, 2.05) is 48.6 Å². The van der Waals surface area contributed by atoms with Crippen LogP contribution in [-0.4, -0.2) is 54.9 Å². The number of aromatic nitrogens is 2. The summed E-state index contributed by atoms with van der Waals surface area (Å²) in [5.74, 6) is -0.542. The first kappa shape index (κ1) is 28.9. The molecule has 0 unspecified atom stereocenters. The molecule has 3 heterocycles. The van der Waals surface area contributed by atoms with Crippen LogP contribution in [0.1, 0.15) is 39.5 Å². The Balaban J connectivity index is 1.63. The van der Waals surface area contributed by atoms with Crippen LogP contribution in [-0.2, 0) is 23.4 Å². The lowest BCUT2D eigenvalue weighted by Crippen LogP contribution is -2.68. The number of ether oxygens (including phenoxy) is 3. The second-order valence-electron chi connectivity index (χ2n) is 11.6. The summed E-state index contributed by atoms with van der Waals surface area (Å²) in [6.07, 6.45) is 2.36. The van der Waals surface area contributed by atoms with Crippen molar-refractivity contribution in [2.75, 3.05) is 13.2 Å². The van der Waals surface area contributed by atoms with Crippen LogP contribution in [0.25, 0.3) is 0 Å². The van der Waals surface area contributed by atoms with E-state index in [1.54, 1.807) is 6.92 Å². The summed E-state index contributed by atoms with van der Waals surface area (Å²) in [6.45, 7) is 9.80. The largest absolute Gasteiger partial charge is 0.455 e. The third kappa shape index (κ3) is 5.16. The first-order valence-corrected chi connectivity index (χ1v) is 15.6. The topological polar surface area (TPSA) is 109 Å². The predicted octanol–water partition coefficient (Wildman–Crippen LogP) is 2.58. The molecular weight excluding hydrogens is 540 g/mol. The van der Waals surface area contributed by atoms with Crippen molar-refractivity contribution in [2.45, 2.75) is 63.7 Å². The van der Waals surface area contributed by atoms with Gasteiger partial charge in [0.1, 0.15) is 11.7 Å². The van der Waals surface area contributed by atoms with Gasteiger partial charge in [-0.2, -0.15) is 0 Å². The highest BCUT2D eigenvalue weighted by Crippen LogP contribution is 2.45. The van der Waals surface area contributed by atoms with Crippen LogP contribution in [0.4, 0.5) is 0 Å². The maximum absolute atomic E-state index is 12.9. The van der Waals surface area contributed by atoms with Crippen molar-refractivity contribution >= 4 is 24.7 Å². The fourth-order valence-electron chi connectivity index (χ4n) is 6.01. The summed E-state index contributed by atoms with van der Waals surface area (Å²) in [4.78, 5) is 39.6. The summed E-state index contributed by atoms with van der Waals surface area (Å²) in [6, 6.07) is 20.5. The number of carbonyl (C=O) groups excluding carboxylic acids is 1. The fourth-order valence-corrected chi connectivity index (χ4v) is 10.6. The van der Waals surface area contributed by atoms with Crippen LogP contribution < -0.4 is 21.6 Å². The molecule has 10 heteroatoms. The van der Waals surface area contributed by atoms with Gasteiger partial charge < -0.3 is 18.6 Å². The average molecular weight is 577 g/mol. The highest BCUT2D eigenvalue weighted by molar-refractivity contribution is 6.99. The molecule has 0 radical (unpaired) electrons. The van der Waals surface area contributed by atoms with Gasteiger partial charge in [0, 0.05) is 18.7 Å². The number of esters is 1. The van der Waals surface area contributed by atoms with Gasteiger partial charge in [-0.15, -0.1) is 0 Å². The van der Waals surface area contributed by atoms with E-state index in [1.165, 1.54) is 17.7 Å². The Morgan fingerprint density at radius 1 is 1.07 bits per heavy atom. The molecule has 2 aliphatic heterocycles. The van der Waals surface area contributed by atoms with Crippen molar-refractivity contribution in [3.8, 4) is 0 Å². The molecule has 1 fully saturated rings. The molecular formula is C31H36N2O7Si. The molecule has 5 rings (SSSR count). The summed E-state index contributed by atoms with van der Waals surface area (Å²) in [5, 5.41) is 1.92. The predicted molar refractivity (Wildman–Crippen MR) is 157 cm³/mol. The van der Waals surface area contributed by atoms with Crippen molar-refractivity contribution in [1.29, 1.82) is 0 Å². The lowest BCUT2D eigenvalue weighted by atomic mass is 9.93. The molecule has 1 saturated heterocycles. The zero-order chi connectivity index (χ0) is 29.4. The number of hydrogen-bond acceptors (Lipinski definition) is 7. The summed E-state index contributed by atoms with van der Waals surface area (Å²) < 4.78 is 27.1. The first-order valence-electron chi connectivity index (χ1n) is 13.7. The van der Waals surface area contributed by atoms with Gasteiger partial charge in [0.25, 0.3) is 13.9 Å². The van der Waals surface area contributed by atoms with Crippen LogP contribution in [0.5, 0.6) is 0 Å². The molecule has 2 aliphatic rings. The molecule has 216 valence electrons. The summed E-state index contributed by atoms with van der Waals surface area (Å²) >= 11 is 0. The molecule has 0 saturated carbocycles. The van der Waals surface area contributed by atoms with E-state index in [4.69, 9.17) is 18.6 Å². The van der Waals surface area contributed by atoms with Gasteiger partial charge in [0.15, 0.2) is 12.3 Å². The van der Waals surface area contributed by atoms with E-state index in [0.717, 1.165) is 10.4 Å². The third-order valence-electron chi connectivity index (χ3n) is 7.83. The molecule has 1 N–H and O–H groups in total. The van der Waals surface area contributed by atoms with Crippen molar-refractivity contribution < 1.29 is 23.4 Å².